The Bertz CT molecular complexity index is 576. The summed E-state index contributed by atoms with van der Waals surface area (Å²) in [5.41, 5.74) is 1.11. The van der Waals surface area contributed by atoms with E-state index in [0.717, 1.165) is 5.56 Å². The normalized spacial score (nSPS) is 15.0. The lowest BCUT2D eigenvalue weighted by atomic mass is 10.2. The van der Waals surface area contributed by atoms with Crippen molar-refractivity contribution in [2.75, 3.05) is 12.4 Å². The van der Waals surface area contributed by atoms with Crippen molar-refractivity contribution in [2.24, 2.45) is 0 Å². The summed E-state index contributed by atoms with van der Waals surface area (Å²) in [5, 5.41) is -0.0386. The first kappa shape index (κ1) is 21.1. The van der Waals surface area contributed by atoms with Crippen LogP contribution in [0.4, 0.5) is 0 Å². The molecule has 136 valence electrons. The second-order valence-corrected chi connectivity index (χ2v) is 13.7. The largest absolute Gasteiger partial charge is 0.464 e. The molecule has 1 unspecified atom stereocenters. The van der Waals surface area contributed by atoms with E-state index in [1.165, 1.54) is 0 Å². The average Bonchev–Trinajstić information content (AvgIpc) is 2.46. The zero-order chi connectivity index (χ0) is 18.5. The van der Waals surface area contributed by atoms with Gasteiger partial charge in [-0.1, -0.05) is 38.5 Å². The number of carbonyl (C=O) groups is 1. The van der Waals surface area contributed by atoms with Crippen LogP contribution in [0.3, 0.4) is 0 Å². The Morgan fingerprint density at radius 1 is 1.21 bits per heavy atom. The van der Waals surface area contributed by atoms with Crippen molar-refractivity contribution in [1.29, 1.82) is 0 Å². The standard InChI is InChI=1S/C18H30O4SSi/c1-8-21-17(19)16(22-24(6,7)18(3,4)5)13-23(20)15-11-9-14(2)10-12-15/h9-12,16H,8,13H2,1-7H3/t16-,23?/m1/s1. The number of carbonyl (C=O) groups excluding carboxylic acids is 1. The molecule has 24 heavy (non-hydrogen) atoms. The van der Waals surface area contributed by atoms with Gasteiger partial charge in [-0.25, -0.2) is 4.79 Å². The Labute approximate surface area is 149 Å². The van der Waals surface area contributed by atoms with Crippen LogP contribution in [0.5, 0.6) is 0 Å². The number of benzene rings is 1. The lowest BCUT2D eigenvalue weighted by Crippen LogP contribution is -2.48. The van der Waals surface area contributed by atoms with Crippen molar-refractivity contribution in [3.8, 4) is 0 Å². The van der Waals surface area contributed by atoms with Crippen LogP contribution >= 0.6 is 0 Å². The van der Waals surface area contributed by atoms with Gasteiger partial charge in [-0.15, -0.1) is 0 Å². The van der Waals surface area contributed by atoms with Gasteiger partial charge >= 0.3 is 5.97 Å². The van der Waals surface area contributed by atoms with Crippen LogP contribution in [0.25, 0.3) is 0 Å². The highest BCUT2D eigenvalue weighted by Crippen LogP contribution is 2.37. The monoisotopic (exact) mass is 370 g/mol. The van der Waals surface area contributed by atoms with E-state index in [2.05, 4.69) is 33.9 Å². The molecular weight excluding hydrogens is 340 g/mol. The molecule has 0 aliphatic heterocycles. The number of hydrogen-bond donors (Lipinski definition) is 0. The van der Waals surface area contributed by atoms with Gasteiger partial charge in [-0.3, -0.25) is 4.21 Å². The lowest BCUT2D eigenvalue weighted by Gasteiger charge is -2.38. The van der Waals surface area contributed by atoms with Gasteiger partial charge in [0, 0.05) is 4.90 Å². The molecule has 0 saturated heterocycles. The van der Waals surface area contributed by atoms with Crippen molar-refractivity contribution in [1.82, 2.24) is 0 Å². The molecule has 0 spiro atoms. The summed E-state index contributed by atoms with van der Waals surface area (Å²) in [7, 11) is -3.48. The highest BCUT2D eigenvalue weighted by molar-refractivity contribution is 7.85. The zero-order valence-electron chi connectivity index (χ0n) is 15.8. The molecular formula is C18H30O4SSi. The second-order valence-electron chi connectivity index (χ2n) is 7.44. The molecule has 0 bridgehead atoms. The fourth-order valence-corrected chi connectivity index (χ4v) is 4.32. The van der Waals surface area contributed by atoms with E-state index in [4.69, 9.17) is 9.16 Å². The van der Waals surface area contributed by atoms with E-state index >= 15 is 0 Å². The minimum absolute atomic E-state index is 0.0386. The summed E-state index contributed by atoms with van der Waals surface area (Å²) >= 11 is 0. The Kier molecular flexibility index (Phi) is 7.37. The predicted octanol–water partition coefficient (Wildman–Crippen LogP) is 4.06. The van der Waals surface area contributed by atoms with E-state index in [9.17, 15) is 9.00 Å². The fourth-order valence-electron chi connectivity index (χ4n) is 1.84. The van der Waals surface area contributed by atoms with Gasteiger partial charge in [-0.05, 0) is 44.1 Å². The summed E-state index contributed by atoms with van der Waals surface area (Å²) < 4.78 is 24.0. The lowest BCUT2D eigenvalue weighted by molar-refractivity contribution is -0.150. The molecule has 1 aromatic carbocycles. The van der Waals surface area contributed by atoms with Crippen molar-refractivity contribution in [2.45, 2.75) is 63.8 Å². The van der Waals surface area contributed by atoms with Gasteiger partial charge in [0.25, 0.3) is 0 Å². The molecule has 1 rings (SSSR count). The van der Waals surface area contributed by atoms with Crippen LogP contribution in [0.1, 0.15) is 33.3 Å². The summed E-state index contributed by atoms with van der Waals surface area (Å²) in [6.07, 6.45) is -0.798. The molecule has 2 atom stereocenters. The minimum atomic E-state index is -2.17. The van der Waals surface area contributed by atoms with Crippen LogP contribution in [-0.2, 0) is 24.8 Å². The number of esters is 1. The Morgan fingerprint density at radius 3 is 2.21 bits per heavy atom. The number of hydrogen-bond acceptors (Lipinski definition) is 4. The molecule has 0 saturated carbocycles. The zero-order valence-corrected chi connectivity index (χ0v) is 17.7. The molecule has 0 aromatic heterocycles. The maximum Gasteiger partial charge on any atom is 0.334 e. The third-order valence-electron chi connectivity index (χ3n) is 4.38. The SMILES string of the molecule is CCOC(=O)[C@@H](CS(=O)c1ccc(C)cc1)O[Si](C)(C)C(C)(C)C. The summed E-state index contributed by atoms with van der Waals surface area (Å²) in [6.45, 7) is 14.5. The highest BCUT2D eigenvalue weighted by Gasteiger charge is 2.41. The Balaban J connectivity index is 2.96. The van der Waals surface area contributed by atoms with Gasteiger partial charge in [0.15, 0.2) is 14.4 Å². The third-order valence-corrected chi connectivity index (χ3v) is 10.3. The van der Waals surface area contributed by atoms with Crippen LogP contribution in [-0.4, -0.2) is 37.0 Å². The fraction of sp³-hybridized carbons (Fsp3) is 0.611. The molecule has 0 heterocycles. The topological polar surface area (TPSA) is 52.6 Å². The van der Waals surface area contributed by atoms with Crippen LogP contribution in [0, 0.1) is 6.92 Å². The van der Waals surface area contributed by atoms with Crippen molar-refractivity contribution >= 4 is 25.1 Å². The van der Waals surface area contributed by atoms with Crippen molar-refractivity contribution < 1.29 is 18.2 Å². The molecule has 0 aliphatic rings. The van der Waals surface area contributed by atoms with Crippen LogP contribution < -0.4 is 0 Å². The molecule has 0 fully saturated rings. The van der Waals surface area contributed by atoms with Crippen LogP contribution in [0.2, 0.25) is 18.1 Å². The first-order valence-corrected chi connectivity index (χ1v) is 12.5. The molecule has 0 N–H and O–H groups in total. The number of ether oxygens (including phenoxy) is 1. The molecule has 1 aromatic rings. The van der Waals surface area contributed by atoms with Crippen molar-refractivity contribution in [3.05, 3.63) is 29.8 Å². The summed E-state index contributed by atoms with van der Waals surface area (Å²) in [5.74, 6) is -0.309. The van der Waals surface area contributed by atoms with Crippen LogP contribution in [0.15, 0.2) is 29.2 Å². The first-order chi connectivity index (χ1) is 11.0. The molecule has 0 amide bonds. The summed E-state index contributed by atoms with van der Waals surface area (Å²) in [4.78, 5) is 13.0. The average molecular weight is 371 g/mol. The number of aryl methyl sites for hydroxylation is 1. The van der Waals surface area contributed by atoms with E-state index in [1.54, 1.807) is 6.92 Å². The van der Waals surface area contributed by atoms with E-state index in [-0.39, 0.29) is 17.4 Å². The smallest absolute Gasteiger partial charge is 0.334 e. The number of rotatable bonds is 7. The molecule has 6 heteroatoms. The quantitative estimate of drug-likeness (QED) is 0.536. The maximum atomic E-state index is 12.6. The van der Waals surface area contributed by atoms with E-state index in [0.29, 0.717) is 4.90 Å². The Hall–Kier alpha value is -0.983. The second kappa shape index (κ2) is 8.40. The van der Waals surface area contributed by atoms with E-state index in [1.807, 2.05) is 31.2 Å². The van der Waals surface area contributed by atoms with Gasteiger partial charge in [0.05, 0.1) is 23.2 Å². The molecule has 0 radical (unpaired) electrons. The van der Waals surface area contributed by atoms with E-state index < -0.39 is 31.2 Å². The molecule has 0 aliphatic carbocycles. The van der Waals surface area contributed by atoms with Gasteiger partial charge < -0.3 is 9.16 Å². The first-order valence-electron chi connectivity index (χ1n) is 8.27. The minimum Gasteiger partial charge on any atom is -0.464 e. The highest BCUT2D eigenvalue weighted by atomic mass is 32.2. The van der Waals surface area contributed by atoms with Gasteiger partial charge in [-0.2, -0.15) is 0 Å². The third kappa shape index (κ3) is 5.83. The predicted molar refractivity (Wildman–Crippen MR) is 101 cm³/mol. The maximum absolute atomic E-state index is 12.6. The van der Waals surface area contributed by atoms with Gasteiger partial charge in [0.1, 0.15) is 0 Å². The molecule has 4 nitrogen and oxygen atoms in total. The summed E-state index contributed by atoms with van der Waals surface area (Å²) in [6, 6.07) is 7.50. The Morgan fingerprint density at radius 2 is 1.75 bits per heavy atom. The van der Waals surface area contributed by atoms with Gasteiger partial charge in [0.2, 0.25) is 0 Å². The van der Waals surface area contributed by atoms with Crippen molar-refractivity contribution in [3.63, 3.8) is 0 Å².